The van der Waals surface area contributed by atoms with Gasteiger partial charge in [0, 0.05) is 19.5 Å². The van der Waals surface area contributed by atoms with Crippen molar-refractivity contribution in [1.82, 2.24) is 15.2 Å². The van der Waals surface area contributed by atoms with E-state index >= 15 is 0 Å². The maximum Gasteiger partial charge on any atom is 0.222 e. The van der Waals surface area contributed by atoms with E-state index in [1.54, 1.807) is 19.2 Å². The van der Waals surface area contributed by atoms with Gasteiger partial charge in [-0.1, -0.05) is 11.6 Å². The van der Waals surface area contributed by atoms with Gasteiger partial charge in [0.15, 0.2) is 0 Å². The molecule has 1 aliphatic rings. The van der Waals surface area contributed by atoms with Crippen LogP contribution in [0.2, 0.25) is 5.02 Å². The molecular weight excluding hydrogens is 264 g/mol. The summed E-state index contributed by atoms with van der Waals surface area (Å²) >= 11 is 6.11. The molecule has 104 valence electrons. The number of anilines is 1. The van der Waals surface area contributed by atoms with Crippen LogP contribution < -0.4 is 11.1 Å². The second kappa shape index (κ2) is 6.21. The maximum atomic E-state index is 11.6. The van der Waals surface area contributed by atoms with Crippen molar-refractivity contribution in [2.45, 2.75) is 19.4 Å². The molecule has 1 aliphatic heterocycles. The van der Waals surface area contributed by atoms with Crippen LogP contribution in [0, 0.1) is 5.92 Å². The third kappa shape index (κ3) is 3.58. The Balaban J connectivity index is 1.92. The van der Waals surface area contributed by atoms with Crippen molar-refractivity contribution in [3.05, 3.63) is 22.8 Å². The number of nitrogens with two attached hydrogens (primary N) is 1. The van der Waals surface area contributed by atoms with Crippen LogP contribution in [0.1, 0.15) is 18.5 Å². The lowest BCUT2D eigenvalue weighted by molar-refractivity contribution is -0.125. The van der Waals surface area contributed by atoms with Crippen LogP contribution in [0.25, 0.3) is 0 Å². The Morgan fingerprint density at radius 3 is 2.84 bits per heavy atom. The Hall–Kier alpha value is -1.33. The van der Waals surface area contributed by atoms with E-state index in [2.05, 4.69) is 15.2 Å². The van der Waals surface area contributed by atoms with Gasteiger partial charge in [0.05, 0.1) is 10.7 Å². The third-order valence-electron chi connectivity index (χ3n) is 3.52. The number of nitrogens with zero attached hydrogens (tertiary/aromatic N) is 2. The minimum absolute atomic E-state index is 0.130. The molecule has 2 heterocycles. The molecule has 2 rings (SSSR count). The molecule has 6 heteroatoms. The molecular formula is C13H19ClN4O. The molecule has 19 heavy (non-hydrogen) atoms. The van der Waals surface area contributed by atoms with Crippen molar-refractivity contribution in [1.29, 1.82) is 0 Å². The number of halogens is 1. The summed E-state index contributed by atoms with van der Waals surface area (Å²) in [6.45, 7) is 2.44. The van der Waals surface area contributed by atoms with Crippen molar-refractivity contribution < 1.29 is 4.79 Å². The molecule has 0 atom stereocenters. The maximum absolute atomic E-state index is 11.6. The van der Waals surface area contributed by atoms with Crippen molar-refractivity contribution >= 4 is 23.3 Å². The monoisotopic (exact) mass is 282 g/mol. The molecule has 1 fully saturated rings. The first-order chi connectivity index (χ1) is 9.10. The average Bonchev–Trinajstić information content (AvgIpc) is 2.43. The minimum Gasteiger partial charge on any atom is -0.384 e. The summed E-state index contributed by atoms with van der Waals surface area (Å²) < 4.78 is 0. The molecule has 0 bridgehead atoms. The summed E-state index contributed by atoms with van der Waals surface area (Å²) in [5.41, 5.74) is 6.48. The van der Waals surface area contributed by atoms with Gasteiger partial charge in [-0.05, 0) is 38.1 Å². The highest BCUT2D eigenvalue weighted by molar-refractivity contribution is 6.31. The fraction of sp³-hybridized carbons (Fsp3) is 0.538. The van der Waals surface area contributed by atoms with E-state index in [-0.39, 0.29) is 11.8 Å². The highest BCUT2D eigenvalue weighted by atomic mass is 35.5. The van der Waals surface area contributed by atoms with E-state index in [9.17, 15) is 4.79 Å². The van der Waals surface area contributed by atoms with Crippen molar-refractivity contribution in [3.8, 4) is 0 Å². The number of likely N-dealkylation sites (tertiary alicyclic amines) is 1. The summed E-state index contributed by atoms with van der Waals surface area (Å²) in [6.07, 6.45) is 1.75. The van der Waals surface area contributed by atoms with Crippen molar-refractivity contribution in [2.24, 2.45) is 5.92 Å². The Morgan fingerprint density at radius 2 is 2.21 bits per heavy atom. The number of nitrogens with one attached hydrogen (secondary N) is 1. The Labute approximate surface area is 118 Å². The standard InChI is InChI=1S/C13H19ClN4O/c1-16-13(19)9-4-6-18(7-5-9)8-11-10(14)2-3-12(15)17-11/h2-3,9H,4-8H2,1H3,(H2,15,17)(H,16,19). The largest absolute Gasteiger partial charge is 0.384 e. The van der Waals surface area contributed by atoms with Gasteiger partial charge in [-0.3, -0.25) is 9.69 Å². The van der Waals surface area contributed by atoms with E-state index in [0.717, 1.165) is 31.6 Å². The summed E-state index contributed by atoms with van der Waals surface area (Å²) in [6, 6.07) is 3.47. The topological polar surface area (TPSA) is 71.2 Å². The summed E-state index contributed by atoms with van der Waals surface area (Å²) in [5.74, 6) is 0.755. The van der Waals surface area contributed by atoms with E-state index in [0.29, 0.717) is 17.4 Å². The lowest BCUT2D eigenvalue weighted by atomic mass is 9.96. The van der Waals surface area contributed by atoms with Crippen LogP contribution in [-0.4, -0.2) is 35.9 Å². The number of hydrogen-bond donors (Lipinski definition) is 2. The Bertz CT molecular complexity index is 458. The SMILES string of the molecule is CNC(=O)C1CCN(Cc2nc(N)ccc2Cl)CC1. The van der Waals surface area contributed by atoms with Crippen LogP contribution in [0.5, 0.6) is 0 Å². The van der Waals surface area contributed by atoms with E-state index in [1.807, 2.05) is 0 Å². The predicted molar refractivity (Wildman–Crippen MR) is 75.7 cm³/mol. The number of aromatic nitrogens is 1. The van der Waals surface area contributed by atoms with Crippen LogP contribution in [-0.2, 0) is 11.3 Å². The molecule has 0 radical (unpaired) electrons. The number of piperidine rings is 1. The van der Waals surface area contributed by atoms with Gasteiger partial charge in [0.25, 0.3) is 0 Å². The van der Waals surface area contributed by atoms with E-state index < -0.39 is 0 Å². The van der Waals surface area contributed by atoms with Crippen LogP contribution in [0.3, 0.4) is 0 Å². The first kappa shape index (κ1) is 14.1. The number of hydrogen-bond acceptors (Lipinski definition) is 4. The lowest BCUT2D eigenvalue weighted by Crippen LogP contribution is -2.39. The number of carbonyl (C=O) groups excluding carboxylic acids is 1. The second-order valence-corrected chi connectivity index (χ2v) is 5.24. The first-order valence-corrected chi connectivity index (χ1v) is 6.83. The highest BCUT2D eigenvalue weighted by Crippen LogP contribution is 2.22. The zero-order chi connectivity index (χ0) is 13.8. The normalized spacial score (nSPS) is 17.4. The van der Waals surface area contributed by atoms with Crippen LogP contribution in [0.15, 0.2) is 12.1 Å². The molecule has 3 N–H and O–H groups in total. The quantitative estimate of drug-likeness (QED) is 0.876. The Morgan fingerprint density at radius 1 is 1.53 bits per heavy atom. The molecule has 5 nitrogen and oxygen atoms in total. The van der Waals surface area contributed by atoms with Crippen LogP contribution >= 0.6 is 11.6 Å². The van der Waals surface area contributed by atoms with Gasteiger partial charge < -0.3 is 11.1 Å². The fourth-order valence-corrected chi connectivity index (χ4v) is 2.55. The van der Waals surface area contributed by atoms with Gasteiger partial charge >= 0.3 is 0 Å². The molecule has 1 saturated heterocycles. The lowest BCUT2D eigenvalue weighted by Gasteiger charge is -2.30. The molecule has 1 amide bonds. The Kier molecular flexibility index (Phi) is 4.61. The van der Waals surface area contributed by atoms with E-state index in [4.69, 9.17) is 17.3 Å². The van der Waals surface area contributed by atoms with Crippen LogP contribution in [0.4, 0.5) is 5.82 Å². The van der Waals surface area contributed by atoms with Crippen molar-refractivity contribution in [2.75, 3.05) is 25.9 Å². The second-order valence-electron chi connectivity index (χ2n) is 4.83. The molecule has 0 saturated carbocycles. The summed E-state index contributed by atoms with van der Waals surface area (Å²) in [7, 11) is 1.69. The minimum atomic E-state index is 0.130. The molecule has 0 unspecified atom stereocenters. The van der Waals surface area contributed by atoms with Gasteiger partial charge in [0.2, 0.25) is 5.91 Å². The number of amides is 1. The fourth-order valence-electron chi connectivity index (χ4n) is 2.38. The predicted octanol–water partition coefficient (Wildman–Crippen LogP) is 1.28. The van der Waals surface area contributed by atoms with Crippen molar-refractivity contribution in [3.63, 3.8) is 0 Å². The van der Waals surface area contributed by atoms with Gasteiger partial charge in [-0.15, -0.1) is 0 Å². The summed E-state index contributed by atoms with van der Waals surface area (Å²) in [4.78, 5) is 18.1. The number of rotatable bonds is 3. The number of nitrogen functional groups attached to an aromatic ring is 1. The molecule has 0 spiro atoms. The van der Waals surface area contributed by atoms with Gasteiger partial charge in [-0.2, -0.15) is 0 Å². The zero-order valence-electron chi connectivity index (χ0n) is 11.0. The third-order valence-corrected chi connectivity index (χ3v) is 3.86. The number of pyridine rings is 1. The average molecular weight is 283 g/mol. The molecule has 0 aromatic carbocycles. The number of carbonyl (C=O) groups is 1. The molecule has 1 aromatic heterocycles. The smallest absolute Gasteiger partial charge is 0.222 e. The molecule has 1 aromatic rings. The summed E-state index contributed by atoms with van der Waals surface area (Å²) in [5, 5.41) is 3.35. The van der Waals surface area contributed by atoms with Gasteiger partial charge in [0.1, 0.15) is 5.82 Å². The van der Waals surface area contributed by atoms with E-state index in [1.165, 1.54) is 0 Å². The first-order valence-electron chi connectivity index (χ1n) is 6.45. The zero-order valence-corrected chi connectivity index (χ0v) is 11.8. The highest BCUT2D eigenvalue weighted by Gasteiger charge is 2.24. The molecule has 0 aliphatic carbocycles. The van der Waals surface area contributed by atoms with Gasteiger partial charge in [-0.25, -0.2) is 4.98 Å².